The number of nitrogens with zero attached hydrogens (tertiary/aromatic N) is 3. The number of aliphatic carboxylic acids is 1. The van der Waals surface area contributed by atoms with Crippen molar-refractivity contribution in [1.82, 2.24) is 20.4 Å². The number of carboxylic acid groups (broad SMARTS) is 1. The number of hydrogen-bond donors (Lipinski definition) is 3. The molecule has 224 valence electrons. The van der Waals surface area contributed by atoms with Gasteiger partial charge in [0.05, 0.1) is 18.8 Å². The Morgan fingerprint density at radius 1 is 0.953 bits per heavy atom. The summed E-state index contributed by atoms with van der Waals surface area (Å²) in [5.41, 5.74) is 2.24. The van der Waals surface area contributed by atoms with Crippen molar-refractivity contribution in [2.24, 2.45) is 0 Å². The van der Waals surface area contributed by atoms with Gasteiger partial charge in [-0.05, 0) is 65.0 Å². The molecular weight excluding hydrogens is 614 g/mol. The summed E-state index contributed by atoms with van der Waals surface area (Å²) >= 11 is 3.34. The molecule has 1 spiro atoms. The van der Waals surface area contributed by atoms with E-state index in [-0.39, 0.29) is 12.5 Å². The topological polar surface area (TPSA) is 122 Å². The second-order valence-corrected chi connectivity index (χ2v) is 11.7. The van der Waals surface area contributed by atoms with Gasteiger partial charge < -0.3 is 30.4 Å². The van der Waals surface area contributed by atoms with E-state index in [4.69, 9.17) is 0 Å². The summed E-state index contributed by atoms with van der Waals surface area (Å²) in [7, 11) is 0. The van der Waals surface area contributed by atoms with Gasteiger partial charge >= 0.3 is 12.0 Å². The monoisotopic (exact) mass is 647 g/mol. The number of amides is 4. The smallest absolute Gasteiger partial charge is 0.328 e. The van der Waals surface area contributed by atoms with Crippen LogP contribution in [-0.2, 0) is 16.1 Å². The van der Waals surface area contributed by atoms with Crippen LogP contribution in [-0.4, -0.2) is 76.6 Å². The van der Waals surface area contributed by atoms with E-state index in [0.29, 0.717) is 54.7 Å². The number of likely N-dealkylation sites (tertiary alicyclic amines) is 1. The fraction of sp³-hybridized carbons (Fsp3) is 0.312. The molecule has 0 unspecified atom stereocenters. The Bertz CT molecular complexity index is 1470. The number of urea groups is 1. The molecule has 5 rings (SSSR count). The Kier molecular flexibility index (Phi) is 9.00. The van der Waals surface area contributed by atoms with Crippen LogP contribution in [0.4, 0.5) is 10.5 Å². The van der Waals surface area contributed by atoms with Crippen LogP contribution in [0.5, 0.6) is 0 Å². The van der Waals surface area contributed by atoms with Crippen molar-refractivity contribution >= 4 is 45.4 Å². The Labute approximate surface area is 258 Å². The average Bonchev–Trinajstić information content (AvgIpc) is 3.26. The Morgan fingerprint density at radius 3 is 2.23 bits per heavy atom. The highest BCUT2D eigenvalue weighted by molar-refractivity contribution is 9.10. The number of hydrogen-bond acceptors (Lipinski definition) is 5. The number of anilines is 1. The summed E-state index contributed by atoms with van der Waals surface area (Å²) in [4.78, 5) is 57.5. The van der Waals surface area contributed by atoms with Crippen molar-refractivity contribution in [3.8, 4) is 0 Å². The highest BCUT2D eigenvalue weighted by Crippen LogP contribution is 2.40. The third-order valence-electron chi connectivity index (χ3n) is 8.19. The molecule has 10 nitrogen and oxygen atoms in total. The molecular formula is C32H34BrN5O5. The first-order valence-corrected chi connectivity index (χ1v) is 15.0. The first kappa shape index (κ1) is 30.1. The minimum absolute atomic E-state index is 0.0382. The van der Waals surface area contributed by atoms with Crippen molar-refractivity contribution in [1.29, 1.82) is 0 Å². The SMILES string of the molecule is Cc1cccc(Br)c1C(=O)N[C@@H](CNC(=O)N1CCC2(CC1)C(=O)N(Cc1ccccc1)CN2c1ccccc1)C(=O)O. The second-order valence-electron chi connectivity index (χ2n) is 10.9. The molecule has 3 aromatic rings. The molecule has 2 fully saturated rings. The van der Waals surface area contributed by atoms with Crippen LogP contribution in [0.2, 0.25) is 0 Å². The molecule has 2 aliphatic heterocycles. The normalized spacial score (nSPS) is 16.7. The molecule has 0 aliphatic carbocycles. The molecule has 0 saturated carbocycles. The quantitative estimate of drug-likeness (QED) is 0.340. The predicted octanol–water partition coefficient (Wildman–Crippen LogP) is 3.99. The molecule has 1 atom stereocenters. The van der Waals surface area contributed by atoms with E-state index in [0.717, 1.165) is 11.3 Å². The van der Waals surface area contributed by atoms with Crippen molar-refractivity contribution in [2.45, 2.75) is 37.9 Å². The number of para-hydroxylation sites is 1. The van der Waals surface area contributed by atoms with E-state index in [2.05, 4.69) is 31.5 Å². The van der Waals surface area contributed by atoms with E-state index in [9.17, 15) is 24.3 Å². The maximum Gasteiger partial charge on any atom is 0.328 e. The molecule has 0 bridgehead atoms. The van der Waals surface area contributed by atoms with Crippen LogP contribution in [0, 0.1) is 6.92 Å². The van der Waals surface area contributed by atoms with Gasteiger partial charge in [-0.3, -0.25) is 9.59 Å². The lowest BCUT2D eigenvalue weighted by Crippen LogP contribution is -2.59. The van der Waals surface area contributed by atoms with Crippen molar-refractivity contribution in [3.05, 3.63) is 100 Å². The number of rotatable bonds is 8. The van der Waals surface area contributed by atoms with Crippen molar-refractivity contribution in [3.63, 3.8) is 0 Å². The Morgan fingerprint density at radius 2 is 1.60 bits per heavy atom. The minimum atomic E-state index is -1.32. The van der Waals surface area contributed by atoms with E-state index in [1.165, 1.54) is 0 Å². The van der Waals surface area contributed by atoms with Crippen molar-refractivity contribution in [2.75, 3.05) is 31.2 Å². The van der Waals surface area contributed by atoms with Gasteiger partial charge in [0.25, 0.3) is 5.91 Å². The summed E-state index contributed by atoms with van der Waals surface area (Å²) in [6.45, 7) is 3.05. The van der Waals surface area contributed by atoms with E-state index in [1.54, 1.807) is 30.0 Å². The molecule has 43 heavy (non-hydrogen) atoms. The zero-order chi connectivity index (χ0) is 30.6. The van der Waals surface area contributed by atoms with Crippen LogP contribution >= 0.6 is 15.9 Å². The third-order valence-corrected chi connectivity index (χ3v) is 8.85. The summed E-state index contributed by atoms with van der Waals surface area (Å²) in [5, 5.41) is 14.9. The number of carboxylic acids is 1. The lowest BCUT2D eigenvalue weighted by atomic mass is 9.85. The Hall–Kier alpha value is -4.38. The van der Waals surface area contributed by atoms with Gasteiger partial charge in [0, 0.05) is 29.8 Å². The molecule has 0 radical (unpaired) electrons. The number of nitrogens with one attached hydrogen (secondary N) is 2. The predicted molar refractivity (Wildman–Crippen MR) is 165 cm³/mol. The average molecular weight is 649 g/mol. The summed E-state index contributed by atoms with van der Waals surface area (Å²) in [6.07, 6.45) is 0.861. The van der Waals surface area contributed by atoms with Crippen molar-refractivity contribution < 1.29 is 24.3 Å². The van der Waals surface area contributed by atoms with Gasteiger partial charge in [0.15, 0.2) is 0 Å². The lowest BCUT2D eigenvalue weighted by molar-refractivity contribution is -0.139. The second kappa shape index (κ2) is 12.9. The van der Waals surface area contributed by atoms with Crippen LogP contribution in [0.25, 0.3) is 0 Å². The molecule has 4 amide bonds. The van der Waals surface area contributed by atoms with Gasteiger partial charge in [-0.1, -0.05) is 60.7 Å². The third kappa shape index (κ3) is 6.36. The van der Waals surface area contributed by atoms with E-state index < -0.39 is 29.5 Å². The number of carbonyl (C=O) groups is 4. The zero-order valence-corrected chi connectivity index (χ0v) is 25.4. The minimum Gasteiger partial charge on any atom is -0.480 e. The van der Waals surface area contributed by atoms with Crippen LogP contribution in [0.1, 0.15) is 34.3 Å². The largest absolute Gasteiger partial charge is 0.480 e. The first-order chi connectivity index (χ1) is 20.7. The standard InChI is InChI=1S/C32H34BrN5O5/c1-22-9-8-14-25(33)27(22)28(39)35-26(29(40)41)19-34-31(43)36-17-15-32(16-18-36)30(42)37(20-23-10-4-2-5-11-23)21-38(32)24-12-6-3-7-13-24/h2-14,26H,15-21H2,1H3,(H,34,43)(H,35,39)(H,40,41)/t26-/m0/s1. The Balaban J connectivity index is 1.24. The molecule has 11 heteroatoms. The first-order valence-electron chi connectivity index (χ1n) is 14.2. The fourth-order valence-electron chi connectivity index (χ4n) is 5.86. The van der Waals surface area contributed by atoms with Crippen LogP contribution in [0.3, 0.4) is 0 Å². The van der Waals surface area contributed by atoms with Crippen LogP contribution < -0.4 is 15.5 Å². The van der Waals surface area contributed by atoms with Gasteiger partial charge in [-0.15, -0.1) is 0 Å². The summed E-state index contributed by atoms with van der Waals surface area (Å²) in [6, 6.07) is 23.2. The molecule has 3 aromatic carbocycles. The van der Waals surface area contributed by atoms with Gasteiger partial charge in [-0.25, -0.2) is 9.59 Å². The molecule has 3 N–H and O–H groups in total. The molecule has 2 heterocycles. The maximum atomic E-state index is 14.0. The number of carbonyl (C=O) groups excluding carboxylic acids is 3. The number of halogens is 1. The zero-order valence-electron chi connectivity index (χ0n) is 23.8. The van der Waals surface area contributed by atoms with E-state index in [1.807, 2.05) is 65.6 Å². The molecule has 2 saturated heterocycles. The highest BCUT2D eigenvalue weighted by Gasteiger charge is 2.54. The summed E-state index contributed by atoms with van der Waals surface area (Å²) in [5.74, 6) is -1.77. The summed E-state index contributed by atoms with van der Waals surface area (Å²) < 4.78 is 0.550. The fourth-order valence-corrected chi connectivity index (χ4v) is 6.50. The number of benzene rings is 3. The van der Waals surface area contributed by atoms with Gasteiger partial charge in [0.1, 0.15) is 11.6 Å². The molecule has 0 aromatic heterocycles. The van der Waals surface area contributed by atoms with E-state index >= 15 is 0 Å². The number of piperidine rings is 1. The number of aryl methyl sites for hydroxylation is 1. The highest BCUT2D eigenvalue weighted by atomic mass is 79.9. The molecule has 2 aliphatic rings. The van der Waals surface area contributed by atoms with Gasteiger partial charge in [-0.2, -0.15) is 0 Å². The maximum absolute atomic E-state index is 14.0. The lowest BCUT2D eigenvalue weighted by Gasteiger charge is -2.43. The van der Waals surface area contributed by atoms with Gasteiger partial charge in [0.2, 0.25) is 5.91 Å². The van der Waals surface area contributed by atoms with Crippen LogP contribution in [0.15, 0.2) is 83.3 Å².